The molecule has 0 aliphatic rings. The van der Waals surface area contributed by atoms with Gasteiger partial charge in [-0.15, -0.1) is 0 Å². The third-order valence-electron chi connectivity index (χ3n) is 3.01. The molecular weight excluding hydrogens is 393 g/mol. The molecule has 2 N–H and O–H groups in total. The van der Waals surface area contributed by atoms with Gasteiger partial charge < -0.3 is 4.42 Å². The van der Waals surface area contributed by atoms with Crippen LogP contribution in [0.3, 0.4) is 0 Å². The Morgan fingerprint density at radius 1 is 1.20 bits per heavy atom. The third-order valence-corrected chi connectivity index (χ3v) is 5.53. The Morgan fingerprint density at radius 2 is 1.92 bits per heavy atom. The van der Waals surface area contributed by atoms with E-state index < -0.39 is 28.4 Å². The van der Waals surface area contributed by atoms with E-state index in [1.54, 1.807) is 0 Å². The maximum atomic E-state index is 12.5. The molecule has 0 aliphatic heterocycles. The molecule has 2 rings (SSSR count). The lowest BCUT2D eigenvalue weighted by Crippen LogP contribution is -2.46. The minimum absolute atomic E-state index is 0.00742. The molecule has 2 amide bonds. The third kappa shape index (κ3) is 4.73. The van der Waals surface area contributed by atoms with E-state index in [9.17, 15) is 18.0 Å². The molecule has 0 spiro atoms. The summed E-state index contributed by atoms with van der Waals surface area (Å²) in [4.78, 5) is 23.2. The summed E-state index contributed by atoms with van der Waals surface area (Å²) in [6.07, 6.45) is 1.30. The average molecular weight is 406 g/mol. The standard InChI is InChI=1S/C14H13Cl2N3O5S/c1-19(25(22,23)12-7-9(15)4-5-10(12)16)8-13(20)17-18-14(21)11-3-2-6-24-11/h2-7H,8H2,1H3,(H,17,20)(H,18,21). The van der Waals surface area contributed by atoms with Crippen molar-refractivity contribution in [3.8, 4) is 0 Å². The summed E-state index contributed by atoms with van der Waals surface area (Å²) in [5, 5.41) is 0.161. The maximum absolute atomic E-state index is 12.5. The number of halogens is 2. The highest BCUT2D eigenvalue weighted by Crippen LogP contribution is 2.26. The van der Waals surface area contributed by atoms with Crippen LogP contribution in [0.25, 0.3) is 0 Å². The Labute approximate surface area is 153 Å². The number of furan rings is 1. The van der Waals surface area contributed by atoms with Crippen molar-refractivity contribution in [2.24, 2.45) is 0 Å². The van der Waals surface area contributed by atoms with Crippen LogP contribution in [0.2, 0.25) is 10.0 Å². The van der Waals surface area contributed by atoms with Gasteiger partial charge in [0.05, 0.1) is 17.8 Å². The number of hydrogen-bond donors (Lipinski definition) is 2. The van der Waals surface area contributed by atoms with Gasteiger partial charge in [0.1, 0.15) is 4.90 Å². The number of carbonyl (C=O) groups is 2. The second-order valence-electron chi connectivity index (χ2n) is 4.82. The van der Waals surface area contributed by atoms with Crippen molar-refractivity contribution >= 4 is 45.0 Å². The van der Waals surface area contributed by atoms with E-state index in [2.05, 4.69) is 10.9 Å². The smallest absolute Gasteiger partial charge is 0.305 e. The van der Waals surface area contributed by atoms with Crippen molar-refractivity contribution in [1.82, 2.24) is 15.2 Å². The number of nitrogens with one attached hydrogen (secondary N) is 2. The second-order valence-corrected chi connectivity index (χ2v) is 7.67. The molecule has 1 aromatic carbocycles. The minimum Gasteiger partial charge on any atom is -0.459 e. The van der Waals surface area contributed by atoms with Crippen molar-refractivity contribution in [1.29, 1.82) is 0 Å². The fourth-order valence-corrected chi connectivity index (χ4v) is 3.63. The van der Waals surface area contributed by atoms with Gasteiger partial charge in [-0.05, 0) is 30.3 Å². The number of benzene rings is 1. The Bertz CT molecular complexity index is 884. The highest BCUT2D eigenvalue weighted by atomic mass is 35.5. The van der Waals surface area contributed by atoms with Crippen molar-refractivity contribution in [3.63, 3.8) is 0 Å². The van der Waals surface area contributed by atoms with Crippen LogP contribution in [0.1, 0.15) is 10.6 Å². The zero-order valence-corrected chi connectivity index (χ0v) is 15.2. The van der Waals surface area contributed by atoms with Crippen molar-refractivity contribution in [2.75, 3.05) is 13.6 Å². The number of nitrogens with zero attached hydrogens (tertiary/aromatic N) is 1. The fourth-order valence-electron chi connectivity index (χ4n) is 1.77. The molecule has 0 saturated heterocycles. The number of carbonyl (C=O) groups excluding carboxylic acids is 2. The summed E-state index contributed by atoms with van der Waals surface area (Å²) in [5.74, 6) is -1.45. The van der Waals surface area contributed by atoms with Crippen LogP contribution in [0.4, 0.5) is 0 Å². The number of hydrogen-bond acceptors (Lipinski definition) is 5. The van der Waals surface area contributed by atoms with E-state index in [1.807, 2.05) is 0 Å². The highest BCUT2D eigenvalue weighted by molar-refractivity contribution is 7.89. The Balaban J connectivity index is 2.00. The van der Waals surface area contributed by atoms with Crippen molar-refractivity contribution in [2.45, 2.75) is 4.90 Å². The summed E-state index contributed by atoms with van der Waals surface area (Å²) >= 11 is 11.7. The SMILES string of the molecule is CN(CC(=O)NNC(=O)c1ccco1)S(=O)(=O)c1cc(Cl)ccc1Cl. The molecule has 0 saturated carbocycles. The van der Waals surface area contributed by atoms with Crippen LogP contribution < -0.4 is 10.9 Å². The van der Waals surface area contributed by atoms with Crippen LogP contribution >= 0.6 is 23.2 Å². The zero-order chi connectivity index (χ0) is 18.6. The Morgan fingerprint density at radius 3 is 2.56 bits per heavy atom. The van der Waals surface area contributed by atoms with Crippen LogP contribution in [0.5, 0.6) is 0 Å². The summed E-state index contributed by atoms with van der Waals surface area (Å²) < 4.78 is 30.6. The lowest BCUT2D eigenvalue weighted by atomic mass is 10.4. The first-order valence-electron chi connectivity index (χ1n) is 6.76. The largest absolute Gasteiger partial charge is 0.459 e. The second kappa shape index (κ2) is 7.87. The number of rotatable bonds is 5. The summed E-state index contributed by atoms with van der Waals surface area (Å²) in [6.45, 7) is -0.552. The monoisotopic (exact) mass is 405 g/mol. The number of likely N-dealkylation sites (N-methyl/N-ethyl adjacent to an activating group) is 1. The van der Waals surface area contributed by atoms with Gasteiger partial charge in [-0.25, -0.2) is 8.42 Å². The first-order chi connectivity index (χ1) is 11.7. The maximum Gasteiger partial charge on any atom is 0.305 e. The summed E-state index contributed by atoms with van der Waals surface area (Å²) in [7, 11) is -2.85. The van der Waals surface area contributed by atoms with E-state index in [0.29, 0.717) is 0 Å². The Kier molecular flexibility index (Phi) is 6.07. The van der Waals surface area contributed by atoms with Crippen molar-refractivity contribution < 1.29 is 22.4 Å². The van der Waals surface area contributed by atoms with E-state index in [1.165, 1.54) is 43.6 Å². The molecule has 0 bridgehead atoms. The Hall–Kier alpha value is -2.07. The van der Waals surface area contributed by atoms with Gasteiger partial charge in [-0.1, -0.05) is 23.2 Å². The minimum atomic E-state index is -4.04. The number of amides is 2. The highest BCUT2D eigenvalue weighted by Gasteiger charge is 2.26. The van der Waals surface area contributed by atoms with Gasteiger partial charge in [-0.3, -0.25) is 20.4 Å². The molecule has 11 heteroatoms. The first-order valence-corrected chi connectivity index (χ1v) is 8.95. The molecule has 1 heterocycles. The molecule has 25 heavy (non-hydrogen) atoms. The van der Waals surface area contributed by atoms with Crippen LogP contribution in [0, 0.1) is 0 Å². The van der Waals surface area contributed by atoms with Crippen LogP contribution in [-0.2, 0) is 14.8 Å². The lowest BCUT2D eigenvalue weighted by molar-refractivity contribution is -0.121. The number of sulfonamides is 1. The molecule has 0 radical (unpaired) electrons. The quantitative estimate of drug-likeness (QED) is 0.735. The van der Waals surface area contributed by atoms with Gasteiger partial charge in [0.2, 0.25) is 10.0 Å². The van der Waals surface area contributed by atoms with E-state index in [-0.39, 0.29) is 20.7 Å². The molecule has 8 nitrogen and oxygen atoms in total. The van der Waals surface area contributed by atoms with E-state index in [4.69, 9.17) is 27.6 Å². The summed E-state index contributed by atoms with van der Waals surface area (Å²) in [6, 6.07) is 6.88. The van der Waals surface area contributed by atoms with E-state index in [0.717, 1.165) is 4.31 Å². The molecule has 0 fully saturated rings. The lowest BCUT2D eigenvalue weighted by Gasteiger charge is -2.17. The van der Waals surface area contributed by atoms with E-state index >= 15 is 0 Å². The molecule has 0 atom stereocenters. The molecular formula is C14H13Cl2N3O5S. The number of hydrazine groups is 1. The predicted octanol–water partition coefficient (Wildman–Crippen LogP) is 1.67. The molecule has 0 unspecified atom stereocenters. The topological polar surface area (TPSA) is 109 Å². The molecule has 2 aromatic rings. The van der Waals surface area contributed by atoms with Gasteiger partial charge in [0.25, 0.3) is 5.91 Å². The fraction of sp³-hybridized carbons (Fsp3) is 0.143. The van der Waals surface area contributed by atoms with Crippen LogP contribution in [-0.4, -0.2) is 38.1 Å². The van der Waals surface area contributed by atoms with Gasteiger partial charge >= 0.3 is 5.91 Å². The van der Waals surface area contributed by atoms with Gasteiger partial charge in [-0.2, -0.15) is 4.31 Å². The van der Waals surface area contributed by atoms with Crippen molar-refractivity contribution in [3.05, 3.63) is 52.4 Å². The normalized spacial score (nSPS) is 11.4. The average Bonchev–Trinajstić information content (AvgIpc) is 3.09. The first kappa shape index (κ1) is 19.3. The molecule has 0 aliphatic carbocycles. The zero-order valence-electron chi connectivity index (χ0n) is 12.8. The predicted molar refractivity (Wildman–Crippen MR) is 90.6 cm³/mol. The molecule has 134 valence electrons. The van der Waals surface area contributed by atoms with Gasteiger partial charge in [0, 0.05) is 12.1 Å². The summed E-state index contributed by atoms with van der Waals surface area (Å²) in [5.41, 5.74) is 4.19. The van der Waals surface area contributed by atoms with Crippen LogP contribution in [0.15, 0.2) is 45.9 Å². The van der Waals surface area contributed by atoms with Gasteiger partial charge in [0.15, 0.2) is 5.76 Å². The molecule has 1 aromatic heterocycles.